The van der Waals surface area contributed by atoms with E-state index in [1.54, 1.807) is 12.1 Å². The Bertz CT molecular complexity index is 1140. The second-order valence-corrected chi connectivity index (χ2v) is 7.27. The highest BCUT2D eigenvalue weighted by molar-refractivity contribution is 7.85. The first-order chi connectivity index (χ1) is 12.7. The zero-order valence-electron chi connectivity index (χ0n) is 14.0. The van der Waals surface area contributed by atoms with E-state index < -0.39 is 15.0 Å². The predicted octanol–water partition coefficient (Wildman–Crippen LogP) is 0.945. The number of phenolic OH excluding ortho intramolecular Hbond substituents is 1. The molecule has 2 aromatic carbocycles. The molecule has 0 aromatic heterocycles. The summed E-state index contributed by atoms with van der Waals surface area (Å²) in [6.07, 6.45) is 4.34. The van der Waals surface area contributed by atoms with Crippen molar-refractivity contribution in [3.63, 3.8) is 0 Å². The fraction of sp³-hybridized carbons (Fsp3) is 0. The second kappa shape index (κ2) is 6.84. The summed E-state index contributed by atoms with van der Waals surface area (Å²) in [5.41, 5.74) is 11.3. The Morgan fingerprint density at radius 1 is 1.11 bits per heavy atom. The zero-order valence-corrected chi connectivity index (χ0v) is 14.9. The van der Waals surface area contributed by atoms with Gasteiger partial charge in [-0.15, -0.1) is 0 Å². The van der Waals surface area contributed by atoms with Crippen molar-refractivity contribution < 1.29 is 28.6 Å². The molecule has 0 saturated carbocycles. The lowest BCUT2D eigenvalue weighted by molar-refractivity contribution is -0.297. The molecule has 0 unspecified atom stereocenters. The van der Waals surface area contributed by atoms with Crippen LogP contribution >= 0.6 is 0 Å². The molecule has 0 amide bonds. The topological polar surface area (TPSA) is 148 Å². The lowest BCUT2D eigenvalue weighted by Crippen LogP contribution is -2.51. The van der Waals surface area contributed by atoms with Gasteiger partial charge in [0.25, 0.3) is 0 Å². The molecule has 8 heteroatoms. The third-order valence-electron chi connectivity index (χ3n) is 4.09. The summed E-state index contributed by atoms with van der Waals surface area (Å²) in [6.45, 7) is 0. The Hall–Kier alpha value is -3.20. The summed E-state index contributed by atoms with van der Waals surface area (Å²) in [7, 11) is -4.76. The van der Waals surface area contributed by atoms with E-state index in [4.69, 9.17) is 5.73 Å². The third-order valence-corrected chi connectivity index (χ3v) is 4.99. The summed E-state index contributed by atoms with van der Waals surface area (Å²) in [4.78, 5) is 11.3. The number of hydrogen-bond acceptors (Lipinski definition) is 6. The minimum absolute atomic E-state index is 0.0859. The zero-order chi connectivity index (χ0) is 19.8. The van der Waals surface area contributed by atoms with Crippen LogP contribution in [-0.4, -0.2) is 23.9 Å². The van der Waals surface area contributed by atoms with Crippen molar-refractivity contribution in [3.05, 3.63) is 83.1 Å². The number of carbonyl (C=O) groups excluding carboxylic acids is 1. The molecule has 27 heavy (non-hydrogen) atoms. The van der Waals surface area contributed by atoms with Crippen LogP contribution in [0, 0.1) is 0 Å². The lowest BCUT2D eigenvalue weighted by Gasteiger charge is -2.19. The summed E-state index contributed by atoms with van der Waals surface area (Å²) >= 11 is 0. The Morgan fingerprint density at radius 2 is 1.81 bits per heavy atom. The molecule has 0 bridgehead atoms. The molecule has 0 aliphatic heterocycles. The van der Waals surface area contributed by atoms with Gasteiger partial charge < -0.3 is 21.1 Å². The van der Waals surface area contributed by atoms with Crippen LogP contribution < -0.4 is 11.5 Å². The smallest absolute Gasteiger partial charge is 0.238 e. The van der Waals surface area contributed by atoms with Crippen LogP contribution in [-0.2, 0) is 14.9 Å². The number of benzene rings is 2. The van der Waals surface area contributed by atoms with E-state index in [1.807, 2.05) is 0 Å². The van der Waals surface area contributed by atoms with Crippen molar-refractivity contribution in [2.45, 2.75) is 4.90 Å². The molecule has 1 aliphatic rings. The molecule has 0 fully saturated rings. The molecule has 7 nitrogen and oxygen atoms in total. The highest BCUT2D eigenvalue weighted by Crippen LogP contribution is 2.36. The molecule has 0 spiro atoms. The van der Waals surface area contributed by atoms with E-state index in [-0.39, 0.29) is 28.5 Å². The molecular formula is C19H16N2O5S. The number of aromatic hydroxyl groups is 1. The first-order valence-corrected chi connectivity index (χ1v) is 9.24. The van der Waals surface area contributed by atoms with Gasteiger partial charge in [-0.2, -0.15) is 0 Å². The van der Waals surface area contributed by atoms with Gasteiger partial charge in [-0.3, -0.25) is 4.79 Å². The van der Waals surface area contributed by atoms with E-state index in [0.29, 0.717) is 16.7 Å². The van der Waals surface area contributed by atoms with Crippen molar-refractivity contribution in [3.8, 4) is 5.75 Å². The molecule has 0 radical (unpaired) electrons. The first-order valence-electron chi connectivity index (χ1n) is 7.83. The molecule has 0 atom stereocenters. The Morgan fingerprint density at radius 3 is 2.44 bits per heavy atom. The largest absolute Gasteiger partial charge is 0.744 e. The number of hydrogen-bond donors (Lipinski definition) is 3. The SMILES string of the molecule is Nc1cc(/C(=C2/C=CC(=O)C([NH3+])=C2)c2ccccc2S(=O)(=O)[O-])ccc1O. The number of anilines is 1. The van der Waals surface area contributed by atoms with E-state index >= 15 is 0 Å². The van der Waals surface area contributed by atoms with Crippen molar-refractivity contribution in [2.24, 2.45) is 0 Å². The average molecular weight is 384 g/mol. The number of nitrogen functional groups attached to an aromatic ring is 1. The molecule has 138 valence electrons. The Kier molecular flexibility index (Phi) is 4.71. The van der Waals surface area contributed by atoms with E-state index in [0.717, 1.165) is 0 Å². The van der Waals surface area contributed by atoms with E-state index in [9.17, 15) is 22.9 Å². The highest BCUT2D eigenvalue weighted by Gasteiger charge is 2.20. The number of ketones is 1. The molecular weight excluding hydrogens is 368 g/mol. The third kappa shape index (κ3) is 3.68. The quantitative estimate of drug-likeness (QED) is 0.407. The number of carbonyl (C=O) groups is 1. The van der Waals surface area contributed by atoms with Gasteiger partial charge in [0.05, 0.1) is 10.6 Å². The number of nitrogens with two attached hydrogens (primary N) is 1. The minimum Gasteiger partial charge on any atom is -0.744 e. The number of allylic oxidation sites excluding steroid dienone is 4. The fourth-order valence-electron chi connectivity index (χ4n) is 2.81. The number of phenols is 1. The van der Waals surface area contributed by atoms with Gasteiger partial charge in [-0.1, -0.05) is 24.3 Å². The summed E-state index contributed by atoms with van der Waals surface area (Å²) in [5, 5.41) is 9.70. The summed E-state index contributed by atoms with van der Waals surface area (Å²) < 4.78 is 35.3. The predicted molar refractivity (Wildman–Crippen MR) is 98.1 cm³/mol. The minimum atomic E-state index is -4.76. The molecule has 0 heterocycles. The van der Waals surface area contributed by atoms with Crippen molar-refractivity contribution in [1.82, 2.24) is 0 Å². The van der Waals surface area contributed by atoms with Gasteiger partial charge in [0.2, 0.25) is 5.78 Å². The molecule has 3 rings (SSSR count). The maximum absolute atomic E-state index is 11.8. The molecule has 2 aromatic rings. The highest BCUT2D eigenvalue weighted by atomic mass is 32.2. The van der Waals surface area contributed by atoms with Crippen LogP contribution in [0.2, 0.25) is 0 Å². The van der Waals surface area contributed by atoms with Gasteiger partial charge >= 0.3 is 0 Å². The number of quaternary nitrogens is 1. The van der Waals surface area contributed by atoms with Crippen molar-refractivity contribution in [2.75, 3.05) is 5.73 Å². The first kappa shape index (κ1) is 18.6. The Balaban J connectivity index is 2.40. The standard InChI is InChI=1S/C19H16N2O5S/c20-14-9-11(5-7-16(14)22)19(12-6-8-17(23)15(21)10-12)13-3-1-2-4-18(13)27(24,25)26/h1-10,22H,20-21H2,(H,24,25,26)/b19-12+. The van der Waals surface area contributed by atoms with Crippen molar-refractivity contribution >= 4 is 27.2 Å². The van der Waals surface area contributed by atoms with E-state index in [2.05, 4.69) is 5.73 Å². The van der Waals surface area contributed by atoms with Crippen LogP contribution in [0.25, 0.3) is 5.57 Å². The van der Waals surface area contributed by atoms with Crippen LogP contribution in [0.3, 0.4) is 0 Å². The molecule has 0 saturated heterocycles. The van der Waals surface area contributed by atoms with Crippen LogP contribution in [0.5, 0.6) is 5.75 Å². The van der Waals surface area contributed by atoms with Crippen LogP contribution in [0.15, 0.2) is 76.9 Å². The van der Waals surface area contributed by atoms with E-state index in [1.165, 1.54) is 48.6 Å². The fourth-order valence-corrected chi connectivity index (χ4v) is 3.50. The molecule has 1 aliphatic carbocycles. The van der Waals surface area contributed by atoms with Crippen molar-refractivity contribution in [1.29, 1.82) is 0 Å². The van der Waals surface area contributed by atoms with Gasteiger partial charge in [0.15, 0.2) is 5.70 Å². The van der Waals surface area contributed by atoms with Crippen LogP contribution in [0.4, 0.5) is 5.69 Å². The maximum Gasteiger partial charge on any atom is 0.238 e. The average Bonchev–Trinajstić information content (AvgIpc) is 2.61. The summed E-state index contributed by atoms with van der Waals surface area (Å²) in [5.74, 6) is -0.399. The number of rotatable bonds is 3. The van der Waals surface area contributed by atoms with Crippen LogP contribution in [0.1, 0.15) is 11.1 Å². The second-order valence-electron chi connectivity index (χ2n) is 5.92. The monoisotopic (exact) mass is 384 g/mol. The maximum atomic E-state index is 11.8. The van der Waals surface area contributed by atoms with Gasteiger partial charge in [0.1, 0.15) is 15.9 Å². The lowest BCUT2D eigenvalue weighted by atomic mass is 9.90. The Labute approximate surface area is 155 Å². The normalized spacial score (nSPS) is 16.2. The molecule has 6 N–H and O–H groups in total. The van der Waals surface area contributed by atoms with Gasteiger partial charge in [-0.25, -0.2) is 8.42 Å². The van der Waals surface area contributed by atoms with Gasteiger partial charge in [0, 0.05) is 11.6 Å². The summed E-state index contributed by atoms with van der Waals surface area (Å²) in [6, 6.07) is 10.1. The van der Waals surface area contributed by atoms with Gasteiger partial charge in [-0.05, 0) is 47.1 Å².